The topological polar surface area (TPSA) is 52.0 Å². The van der Waals surface area contributed by atoms with Gasteiger partial charge in [-0.1, -0.05) is 30.4 Å². The molecule has 1 aliphatic carbocycles. The smallest absolute Gasteiger partial charge is 0.310 e. The maximum absolute atomic E-state index is 12.9. The van der Waals surface area contributed by atoms with E-state index in [0.717, 1.165) is 6.07 Å². The minimum absolute atomic E-state index is 0.0984. The summed E-state index contributed by atoms with van der Waals surface area (Å²) in [5.41, 5.74) is 10.2. The van der Waals surface area contributed by atoms with Gasteiger partial charge in [0.15, 0.2) is 0 Å². The van der Waals surface area contributed by atoms with Gasteiger partial charge < -0.3 is 11.5 Å². The summed E-state index contributed by atoms with van der Waals surface area (Å²) in [6.45, 7) is 0. The van der Waals surface area contributed by atoms with E-state index in [0.29, 0.717) is 12.0 Å². The molecular weight excluding hydrogens is 241 g/mol. The van der Waals surface area contributed by atoms with E-state index in [-0.39, 0.29) is 5.56 Å². The molecule has 0 bridgehead atoms. The molecule has 0 aromatic heterocycles. The predicted molar refractivity (Wildman–Crippen MR) is 64.3 cm³/mol. The van der Waals surface area contributed by atoms with Crippen LogP contribution in [0.25, 0.3) is 5.57 Å². The Hall–Kier alpha value is -1.59. The predicted octanol–water partition coefficient (Wildman–Crippen LogP) is 2.66. The summed E-state index contributed by atoms with van der Waals surface area (Å²) in [4.78, 5) is 0. The Balaban J connectivity index is 2.53. The summed E-state index contributed by atoms with van der Waals surface area (Å²) in [6.07, 6.45) is 0.780. The maximum Gasteiger partial charge on any atom is 0.417 e. The van der Waals surface area contributed by atoms with Crippen LogP contribution in [0.15, 0.2) is 42.5 Å². The van der Waals surface area contributed by atoms with E-state index in [9.17, 15) is 13.2 Å². The summed E-state index contributed by atoms with van der Waals surface area (Å²) >= 11 is 0. The molecule has 1 aromatic carbocycles. The second-order valence-corrected chi connectivity index (χ2v) is 4.36. The van der Waals surface area contributed by atoms with Crippen LogP contribution in [-0.2, 0) is 6.18 Å². The standard InChI is InChI=1S/C13H13F3N2/c14-13(15,16)11-6-2-1-5-10(11)9-4-3-7-12(17,18)8-9/h1-6,8H,7,17-18H2. The van der Waals surface area contributed by atoms with Gasteiger partial charge in [0, 0.05) is 6.42 Å². The third-order valence-electron chi connectivity index (χ3n) is 2.74. The highest BCUT2D eigenvalue weighted by atomic mass is 19.4. The lowest BCUT2D eigenvalue weighted by molar-refractivity contribution is -0.137. The van der Waals surface area contributed by atoms with Crippen LogP contribution in [0.3, 0.4) is 0 Å². The van der Waals surface area contributed by atoms with E-state index >= 15 is 0 Å². The molecular formula is C13H13F3N2. The Morgan fingerprint density at radius 1 is 1.11 bits per heavy atom. The van der Waals surface area contributed by atoms with Gasteiger partial charge in [-0.05, 0) is 23.3 Å². The fourth-order valence-electron chi connectivity index (χ4n) is 1.94. The largest absolute Gasteiger partial charge is 0.417 e. The number of alkyl halides is 3. The van der Waals surface area contributed by atoms with E-state index in [2.05, 4.69) is 0 Å². The number of halogens is 3. The third kappa shape index (κ3) is 2.63. The van der Waals surface area contributed by atoms with Crippen molar-refractivity contribution >= 4 is 5.57 Å². The fraction of sp³-hybridized carbons (Fsp3) is 0.231. The number of hydrogen-bond donors (Lipinski definition) is 2. The number of hydrogen-bond acceptors (Lipinski definition) is 2. The number of rotatable bonds is 1. The van der Waals surface area contributed by atoms with E-state index in [1.54, 1.807) is 18.2 Å². The quantitative estimate of drug-likeness (QED) is 0.757. The van der Waals surface area contributed by atoms with Crippen molar-refractivity contribution in [1.82, 2.24) is 0 Å². The van der Waals surface area contributed by atoms with Crippen molar-refractivity contribution in [2.24, 2.45) is 11.5 Å². The molecule has 0 saturated heterocycles. The van der Waals surface area contributed by atoms with Crippen molar-refractivity contribution in [3.05, 3.63) is 53.6 Å². The Bertz CT molecular complexity index is 513. The molecule has 0 radical (unpaired) electrons. The zero-order valence-corrected chi connectivity index (χ0v) is 9.54. The Morgan fingerprint density at radius 2 is 1.78 bits per heavy atom. The highest BCUT2D eigenvalue weighted by molar-refractivity contribution is 5.78. The number of benzene rings is 1. The molecule has 18 heavy (non-hydrogen) atoms. The van der Waals surface area contributed by atoms with Crippen LogP contribution < -0.4 is 11.5 Å². The lowest BCUT2D eigenvalue weighted by Gasteiger charge is -2.24. The van der Waals surface area contributed by atoms with Gasteiger partial charge in [0.25, 0.3) is 0 Å². The first-order valence-electron chi connectivity index (χ1n) is 5.43. The molecule has 0 aliphatic heterocycles. The lowest BCUT2D eigenvalue weighted by atomic mass is 9.91. The molecule has 0 saturated carbocycles. The van der Waals surface area contributed by atoms with Gasteiger partial charge in [-0.3, -0.25) is 0 Å². The van der Waals surface area contributed by atoms with Crippen molar-refractivity contribution in [3.63, 3.8) is 0 Å². The number of nitrogens with two attached hydrogens (primary N) is 2. The zero-order chi connectivity index (χ0) is 13.4. The first-order chi connectivity index (χ1) is 8.30. The van der Waals surface area contributed by atoms with Crippen LogP contribution in [0, 0.1) is 0 Å². The molecule has 96 valence electrons. The SMILES string of the molecule is NC1(N)C=C(c2ccccc2C(F)(F)F)C=CC1. The lowest BCUT2D eigenvalue weighted by Crippen LogP contribution is -2.47. The second-order valence-electron chi connectivity index (χ2n) is 4.36. The summed E-state index contributed by atoms with van der Waals surface area (Å²) in [5, 5.41) is 0. The summed E-state index contributed by atoms with van der Waals surface area (Å²) in [5.74, 6) is 0. The van der Waals surface area contributed by atoms with Gasteiger partial charge >= 0.3 is 6.18 Å². The van der Waals surface area contributed by atoms with E-state index in [4.69, 9.17) is 11.5 Å². The van der Waals surface area contributed by atoms with Crippen molar-refractivity contribution < 1.29 is 13.2 Å². The molecule has 2 rings (SSSR count). The second kappa shape index (κ2) is 4.26. The maximum atomic E-state index is 12.9. The van der Waals surface area contributed by atoms with Gasteiger partial charge in [0.1, 0.15) is 0 Å². The molecule has 0 atom stereocenters. The highest BCUT2D eigenvalue weighted by Gasteiger charge is 2.34. The van der Waals surface area contributed by atoms with Crippen LogP contribution >= 0.6 is 0 Å². The Morgan fingerprint density at radius 3 is 2.39 bits per heavy atom. The summed E-state index contributed by atoms with van der Waals surface area (Å²) in [6, 6.07) is 5.38. The first kappa shape index (κ1) is 12.9. The third-order valence-corrected chi connectivity index (χ3v) is 2.74. The Labute approximate surface area is 103 Å². The van der Waals surface area contributed by atoms with Gasteiger partial charge in [-0.15, -0.1) is 0 Å². The summed E-state index contributed by atoms with van der Waals surface area (Å²) in [7, 11) is 0. The molecule has 1 aliphatic rings. The van der Waals surface area contributed by atoms with Gasteiger partial charge in [0.2, 0.25) is 0 Å². The van der Waals surface area contributed by atoms with Gasteiger partial charge in [-0.2, -0.15) is 13.2 Å². The van der Waals surface area contributed by atoms with Crippen molar-refractivity contribution in [2.75, 3.05) is 0 Å². The van der Waals surface area contributed by atoms with Crippen LogP contribution in [-0.4, -0.2) is 5.66 Å². The molecule has 0 amide bonds. The first-order valence-corrected chi connectivity index (χ1v) is 5.43. The van der Waals surface area contributed by atoms with E-state index in [1.165, 1.54) is 18.2 Å². The fourth-order valence-corrected chi connectivity index (χ4v) is 1.94. The molecule has 1 aromatic rings. The zero-order valence-electron chi connectivity index (χ0n) is 9.54. The van der Waals surface area contributed by atoms with Crippen LogP contribution in [0.2, 0.25) is 0 Å². The molecule has 0 spiro atoms. The van der Waals surface area contributed by atoms with E-state index in [1.807, 2.05) is 0 Å². The molecule has 0 unspecified atom stereocenters. The van der Waals surface area contributed by atoms with Crippen LogP contribution in [0.5, 0.6) is 0 Å². The average Bonchev–Trinajstić information content (AvgIpc) is 2.26. The van der Waals surface area contributed by atoms with E-state index < -0.39 is 17.4 Å². The van der Waals surface area contributed by atoms with Crippen molar-refractivity contribution in [2.45, 2.75) is 18.3 Å². The number of allylic oxidation sites excluding steroid dienone is 2. The molecule has 0 fully saturated rings. The molecule has 4 N–H and O–H groups in total. The molecule has 5 heteroatoms. The molecule has 2 nitrogen and oxygen atoms in total. The van der Waals surface area contributed by atoms with Crippen LogP contribution in [0.1, 0.15) is 17.5 Å². The summed E-state index contributed by atoms with van der Waals surface area (Å²) < 4.78 is 38.6. The van der Waals surface area contributed by atoms with Crippen LogP contribution in [0.4, 0.5) is 13.2 Å². The average molecular weight is 254 g/mol. The minimum Gasteiger partial charge on any atom is -0.310 e. The monoisotopic (exact) mass is 254 g/mol. The minimum atomic E-state index is -4.39. The highest BCUT2D eigenvalue weighted by Crippen LogP contribution is 2.36. The van der Waals surface area contributed by atoms with Crippen molar-refractivity contribution in [1.29, 1.82) is 0 Å². The normalized spacial score (nSPS) is 18.6. The van der Waals surface area contributed by atoms with Gasteiger partial charge in [0.05, 0.1) is 11.2 Å². The molecule has 0 heterocycles. The van der Waals surface area contributed by atoms with Crippen molar-refractivity contribution in [3.8, 4) is 0 Å². The van der Waals surface area contributed by atoms with Gasteiger partial charge in [-0.25, -0.2) is 0 Å². The Kier molecular flexibility index (Phi) is 3.04.